The van der Waals surface area contributed by atoms with E-state index in [4.69, 9.17) is 14.5 Å². The minimum absolute atomic E-state index is 0.713. The summed E-state index contributed by atoms with van der Waals surface area (Å²) in [6.07, 6.45) is 1.80. The van der Waals surface area contributed by atoms with E-state index in [0.717, 1.165) is 27.0 Å². The van der Waals surface area contributed by atoms with E-state index in [9.17, 15) is 0 Å². The molecule has 2 aromatic heterocycles. The summed E-state index contributed by atoms with van der Waals surface area (Å²) in [6.45, 7) is 0. The van der Waals surface area contributed by atoms with Crippen molar-refractivity contribution < 1.29 is 9.47 Å². The van der Waals surface area contributed by atoms with Crippen molar-refractivity contribution in [2.24, 2.45) is 0 Å². The highest BCUT2D eigenvalue weighted by Gasteiger charge is 2.14. The van der Waals surface area contributed by atoms with Gasteiger partial charge in [-0.25, -0.2) is 9.97 Å². The van der Waals surface area contributed by atoms with Crippen molar-refractivity contribution in [2.45, 2.75) is 10.8 Å². The summed E-state index contributed by atoms with van der Waals surface area (Å²) in [5.74, 6) is 2.22. The van der Waals surface area contributed by atoms with Gasteiger partial charge in [0.2, 0.25) is 0 Å². The Hall–Kier alpha value is -2.05. The topological polar surface area (TPSA) is 44.2 Å². The number of methoxy groups -OCH3 is 2. The molecule has 0 N–H and O–H groups in total. The summed E-state index contributed by atoms with van der Waals surface area (Å²) in [5, 5.41) is 4.00. The van der Waals surface area contributed by atoms with Crippen molar-refractivity contribution in [2.75, 3.05) is 14.2 Å². The Bertz CT molecular complexity index is 775. The molecule has 0 fully saturated rings. The molecule has 3 aromatic rings. The Balaban J connectivity index is 1.79. The van der Waals surface area contributed by atoms with E-state index in [-0.39, 0.29) is 0 Å². The minimum Gasteiger partial charge on any atom is -0.493 e. The molecule has 23 heavy (non-hydrogen) atoms. The number of thioether (sulfide) groups is 1. The van der Waals surface area contributed by atoms with Gasteiger partial charge < -0.3 is 9.47 Å². The number of thiazole rings is 1. The Kier molecular flexibility index (Phi) is 5.15. The van der Waals surface area contributed by atoms with Crippen molar-refractivity contribution in [1.29, 1.82) is 0 Å². The van der Waals surface area contributed by atoms with Crippen LogP contribution >= 0.6 is 23.1 Å². The van der Waals surface area contributed by atoms with Crippen LogP contribution in [0.25, 0.3) is 10.6 Å². The van der Waals surface area contributed by atoms with Crippen LogP contribution in [-0.2, 0) is 5.75 Å². The third-order valence-electron chi connectivity index (χ3n) is 3.19. The lowest BCUT2D eigenvalue weighted by Crippen LogP contribution is -1.93. The third kappa shape index (κ3) is 3.65. The van der Waals surface area contributed by atoms with Gasteiger partial charge in [-0.3, -0.25) is 0 Å². The molecule has 0 bridgehead atoms. The monoisotopic (exact) mass is 344 g/mol. The van der Waals surface area contributed by atoms with Crippen LogP contribution in [0.3, 0.4) is 0 Å². The molecular formula is C17H16N2O2S2. The summed E-state index contributed by atoms with van der Waals surface area (Å²) in [7, 11) is 3.28. The van der Waals surface area contributed by atoms with Crippen LogP contribution in [0.1, 0.15) is 5.69 Å². The average molecular weight is 344 g/mol. The molecule has 0 aliphatic carbocycles. The van der Waals surface area contributed by atoms with Gasteiger partial charge in [0.05, 0.1) is 30.5 Å². The quantitative estimate of drug-likeness (QED) is 0.615. The molecule has 0 unspecified atom stereocenters. The Labute approximate surface area is 143 Å². The van der Waals surface area contributed by atoms with Crippen molar-refractivity contribution in [3.63, 3.8) is 0 Å². The van der Waals surface area contributed by atoms with Crippen molar-refractivity contribution in [1.82, 2.24) is 9.97 Å². The lowest BCUT2D eigenvalue weighted by atomic mass is 10.2. The first-order valence-corrected chi connectivity index (χ1v) is 8.88. The van der Waals surface area contributed by atoms with E-state index >= 15 is 0 Å². The number of rotatable bonds is 6. The fraction of sp³-hybridized carbons (Fsp3) is 0.176. The first-order chi connectivity index (χ1) is 11.3. The number of hydrogen-bond donors (Lipinski definition) is 0. The van der Waals surface area contributed by atoms with E-state index in [0.29, 0.717) is 11.5 Å². The lowest BCUT2D eigenvalue weighted by Gasteiger charge is -2.10. The molecule has 4 nitrogen and oxygen atoms in total. The molecule has 0 aliphatic heterocycles. The summed E-state index contributed by atoms with van der Waals surface area (Å²) < 4.78 is 10.8. The average Bonchev–Trinajstić information content (AvgIpc) is 3.09. The number of benzene rings is 1. The number of hydrogen-bond acceptors (Lipinski definition) is 6. The zero-order valence-corrected chi connectivity index (χ0v) is 14.5. The second-order valence-electron chi connectivity index (χ2n) is 4.64. The third-order valence-corrected chi connectivity index (χ3v) is 5.09. The van der Waals surface area contributed by atoms with Gasteiger partial charge in [0, 0.05) is 17.3 Å². The number of nitrogens with zero attached hydrogens (tertiary/aromatic N) is 2. The molecule has 0 aliphatic rings. The predicted octanol–water partition coefficient (Wildman–Crippen LogP) is 4.51. The zero-order chi connectivity index (χ0) is 16.1. The minimum atomic E-state index is 0.713. The maximum Gasteiger partial charge on any atom is 0.170 e. The fourth-order valence-corrected chi connectivity index (χ4v) is 3.83. The van der Waals surface area contributed by atoms with Crippen LogP contribution in [-0.4, -0.2) is 24.2 Å². The first-order valence-electron chi connectivity index (χ1n) is 7.01. The van der Waals surface area contributed by atoms with Gasteiger partial charge in [0.15, 0.2) is 11.5 Å². The van der Waals surface area contributed by atoms with Crippen molar-refractivity contribution in [3.8, 4) is 22.1 Å². The maximum absolute atomic E-state index is 5.49. The molecule has 118 valence electrons. The standard InChI is InChI=1S/C17H16N2O2S2/c1-20-14-7-5-6-13(16(14)21-2)17-19-12(11-23-17)10-22-15-8-3-4-9-18-15/h3-9,11H,10H2,1-2H3. The van der Waals surface area contributed by atoms with Crippen LogP contribution in [0.15, 0.2) is 53.0 Å². The van der Waals surface area contributed by atoms with E-state index in [2.05, 4.69) is 10.4 Å². The van der Waals surface area contributed by atoms with Crippen LogP contribution in [0.5, 0.6) is 11.5 Å². The molecule has 0 spiro atoms. The van der Waals surface area contributed by atoms with E-state index in [1.165, 1.54) is 0 Å². The number of para-hydroxylation sites is 1. The second kappa shape index (κ2) is 7.48. The molecule has 2 heterocycles. The highest BCUT2D eigenvalue weighted by Crippen LogP contribution is 2.39. The van der Waals surface area contributed by atoms with Crippen molar-refractivity contribution in [3.05, 3.63) is 53.7 Å². The Morgan fingerprint density at radius 2 is 2.00 bits per heavy atom. The molecule has 3 rings (SSSR count). The molecule has 6 heteroatoms. The SMILES string of the molecule is COc1cccc(-c2nc(CSc3ccccn3)cs2)c1OC. The number of ether oxygens (including phenoxy) is 2. The smallest absolute Gasteiger partial charge is 0.170 e. The summed E-state index contributed by atoms with van der Waals surface area (Å²) in [5.41, 5.74) is 1.98. The first kappa shape index (κ1) is 15.8. The van der Waals surface area contributed by atoms with Crippen LogP contribution in [0, 0.1) is 0 Å². The second-order valence-corrected chi connectivity index (χ2v) is 6.50. The highest BCUT2D eigenvalue weighted by atomic mass is 32.2. The van der Waals surface area contributed by atoms with Crippen LogP contribution in [0.4, 0.5) is 0 Å². The normalized spacial score (nSPS) is 10.5. The lowest BCUT2D eigenvalue weighted by molar-refractivity contribution is 0.356. The Morgan fingerprint density at radius 3 is 2.74 bits per heavy atom. The van der Waals surface area contributed by atoms with Crippen molar-refractivity contribution >= 4 is 23.1 Å². The van der Waals surface area contributed by atoms with Crippen LogP contribution in [0.2, 0.25) is 0 Å². The molecule has 0 saturated carbocycles. The van der Waals surface area contributed by atoms with Gasteiger partial charge >= 0.3 is 0 Å². The zero-order valence-electron chi connectivity index (χ0n) is 12.9. The summed E-state index contributed by atoms with van der Waals surface area (Å²) >= 11 is 3.28. The van der Waals surface area contributed by atoms with Gasteiger partial charge in [-0.1, -0.05) is 12.1 Å². The summed E-state index contributed by atoms with van der Waals surface area (Å²) in [6, 6.07) is 11.7. The molecule has 0 atom stereocenters. The van der Waals surface area contributed by atoms with E-state index < -0.39 is 0 Å². The number of pyridine rings is 1. The van der Waals surface area contributed by atoms with Gasteiger partial charge in [-0.05, 0) is 24.3 Å². The molecule has 0 radical (unpaired) electrons. The van der Waals surface area contributed by atoms with Gasteiger partial charge in [0.25, 0.3) is 0 Å². The molecule has 1 aromatic carbocycles. The largest absolute Gasteiger partial charge is 0.493 e. The Morgan fingerprint density at radius 1 is 1.09 bits per heavy atom. The van der Waals surface area contributed by atoms with E-state index in [1.54, 1.807) is 43.5 Å². The van der Waals surface area contributed by atoms with E-state index in [1.807, 2.05) is 36.4 Å². The van der Waals surface area contributed by atoms with Gasteiger partial charge in [-0.15, -0.1) is 23.1 Å². The maximum atomic E-state index is 5.49. The predicted molar refractivity (Wildman–Crippen MR) is 94.5 cm³/mol. The summed E-state index contributed by atoms with van der Waals surface area (Å²) in [4.78, 5) is 9.02. The molecule has 0 amide bonds. The van der Waals surface area contributed by atoms with Gasteiger partial charge in [-0.2, -0.15) is 0 Å². The van der Waals surface area contributed by atoms with Gasteiger partial charge in [0.1, 0.15) is 5.01 Å². The van der Waals surface area contributed by atoms with Crippen LogP contribution < -0.4 is 9.47 Å². The number of aromatic nitrogens is 2. The molecular weight excluding hydrogens is 328 g/mol. The molecule has 0 saturated heterocycles. The fourth-order valence-electron chi connectivity index (χ4n) is 2.13. The highest BCUT2D eigenvalue weighted by molar-refractivity contribution is 7.98.